The molecule has 0 aliphatic rings. The highest BCUT2D eigenvalue weighted by atomic mass is 79.9. The molecule has 0 fully saturated rings. The number of alkyl halides is 1. The van der Waals surface area contributed by atoms with Crippen LogP contribution >= 0.6 is 27.3 Å². The van der Waals surface area contributed by atoms with Crippen LogP contribution in [-0.4, -0.2) is 4.98 Å². The Hall–Kier alpha value is -0.940. The molecule has 0 radical (unpaired) electrons. The third kappa shape index (κ3) is 3.09. The van der Waals surface area contributed by atoms with Crippen molar-refractivity contribution in [2.75, 3.05) is 0 Å². The van der Waals surface area contributed by atoms with E-state index >= 15 is 0 Å². The van der Waals surface area contributed by atoms with Gasteiger partial charge in [-0.15, -0.1) is 11.3 Å². The van der Waals surface area contributed by atoms with Crippen molar-refractivity contribution in [3.63, 3.8) is 0 Å². The first kappa shape index (κ1) is 13.5. The Bertz CT molecular complexity index is 536. The van der Waals surface area contributed by atoms with E-state index in [9.17, 15) is 4.39 Å². The first-order chi connectivity index (χ1) is 8.60. The number of nitrogens with zero attached hydrogens (tertiary/aromatic N) is 1. The molecule has 1 aromatic heterocycles. The molecular weight excluding hydrogens is 317 g/mol. The van der Waals surface area contributed by atoms with Crippen LogP contribution in [0.3, 0.4) is 0 Å². The van der Waals surface area contributed by atoms with E-state index in [4.69, 9.17) is 4.74 Å². The summed E-state index contributed by atoms with van der Waals surface area (Å²) in [5, 5.41) is 1.51. The predicted molar refractivity (Wildman–Crippen MR) is 75.0 cm³/mol. The van der Waals surface area contributed by atoms with Gasteiger partial charge in [-0.2, -0.15) is 0 Å². The number of halogens is 2. The number of benzene rings is 1. The van der Waals surface area contributed by atoms with E-state index in [2.05, 4.69) is 20.9 Å². The summed E-state index contributed by atoms with van der Waals surface area (Å²) in [5.74, 6) is 0.441. The molecule has 1 heterocycles. The van der Waals surface area contributed by atoms with E-state index in [0.717, 1.165) is 16.3 Å². The van der Waals surface area contributed by atoms with Gasteiger partial charge in [0.1, 0.15) is 23.2 Å². The van der Waals surface area contributed by atoms with Crippen LogP contribution < -0.4 is 4.74 Å². The van der Waals surface area contributed by atoms with Crippen LogP contribution in [0.25, 0.3) is 0 Å². The lowest BCUT2D eigenvalue weighted by Gasteiger charge is -2.08. The minimum Gasteiger partial charge on any atom is -0.486 e. The van der Waals surface area contributed by atoms with Crippen LogP contribution in [0.2, 0.25) is 0 Å². The molecule has 2 rings (SSSR count). The average Bonchev–Trinajstić information content (AvgIpc) is 2.67. The zero-order chi connectivity index (χ0) is 13.1. The van der Waals surface area contributed by atoms with Gasteiger partial charge in [-0.3, -0.25) is 0 Å². The second-order valence-electron chi connectivity index (χ2n) is 3.92. The molecule has 0 saturated heterocycles. The Morgan fingerprint density at radius 2 is 2.17 bits per heavy atom. The van der Waals surface area contributed by atoms with Gasteiger partial charge in [0.25, 0.3) is 0 Å². The fourth-order valence-electron chi connectivity index (χ4n) is 1.53. The molecule has 0 aliphatic heterocycles. The predicted octanol–water partition coefficient (Wildman–Crippen LogP) is 4.37. The molecule has 0 aliphatic carbocycles. The van der Waals surface area contributed by atoms with Gasteiger partial charge in [-0.1, -0.05) is 15.9 Å². The van der Waals surface area contributed by atoms with Crippen molar-refractivity contribution in [2.24, 2.45) is 0 Å². The largest absolute Gasteiger partial charge is 0.486 e. The van der Waals surface area contributed by atoms with Gasteiger partial charge >= 0.3 is 0 Å². The van der Waals surface area contributed by atoms with Crippen LogP contribution in [0.4, 0.5) is 4.39 Å². The van der Waals surface area contributed by atoms with E-state index in [-0.39, 0.29) is 5.82 Å². The zero-order valence-electron chi connectivity index (χ0n) is 10.2. The number of aryl methyl sites for hydroxylation is 2. The number of ether oxygens (including phenoxy) is 1. The third-order valence-corrected chi connectivity index (χ3v) is 4.24. The minimum atomic E-state index is -0.252. The Kier molecular flexibility index (Phi) is 4.35. The fraction of sp³-hybridized carbons (Fsp3) is 0.308. The summed E-state index contributed by atoms with van der Waals surface area (Å²) in [5.41, 5.74) is 1.85. The maximum atomic E-state index is 13.1. The fourth-order valence-corrected chi connectivity index (χ4v) is 2.82. The molecule has 0 N–H and O–H groups in total. The average molecular weight is 330 g/mol. The van der Waals surface area contributed by atoms with Crippen molar-refractivity contribution >= 4 is 27.3 Å². The van der Waals surface area contributed by atoms with E-state index in [1.807, 2.05) is 13.8 Å². The zero-order valence-corrected chi connectivity index (χ0v) is 12.6. The highest BCUT2D eigenvalue weighted by molar-refractivity contribution is 9.08. The summed E-state index contributed by atoms with van der Waals surface area (Å²) in [6.07, 6.45) is 0. The lowest BCUT2D eigenvalue weighted by molar-refractivity contribution is 0.302. The van der Waals surface area contributed by atoms with E-state index in [0.29, 0.717) is 17.7 Å². The van der Waals surface area contributed by atoms with Crippen LogP contribution in [-0.2, 0) is 11.9 Å². The van der Waals surface area contributed by atoms with Crippen LogP contribution in [0, 0.1) is 19.7 Å². The molecule has 0 amide bonds. The Balaban J connectivity index is 2.10. The third-order valence-electron chi connectivity index (χ3n) is 2.59. The smallest absolute Gasteiger partial charge is 0.140 e. The normalized spacial score (nSPS) is 10.7. The number of hydrogen-bond donors (Lipinski definition) is 0. The molecule has 18 heavy (non-hydrogen) atoms. The van der Waals surface area contributed by atoms with Gasteiger partial charge in [0.2, 0.25) is 0 Å². The van der Waals surface area contributed by atoms with Crippen LogP contribution in [0.15, 0.2) is 18.2 Å². The SMILES string of the molecule is Cc1nc(COc2ccc(F)cc2CBr)sc1C. The lowest BCUT2D eigenvalue weighted by Crippen LogP contribution is -1.98. The molecule has 5 heteroatoms. The van der Waals surface area contributed by atoms with Crippen molar-refractivity contribution in [1.82, 2.24) is 4.98 Å². The summed E-state index contributed by atoms with van der Waals surface area (Å²) in [4.78, 5) is 5.61. The maximum Gasteiger partial charge on any atom is 0.140 e. The van der Waals surface area contributed by atoms with Gasteiger partial charge < -0.3 is 4.74 Å². The Labute approximate surface area is 118 Å². The topological polar surface area (TPSA) is 22.1 Å². The van der Waals surface area contributed by atoms with Gasteiger partial charge in [-0.05, 0) is 32.0 Å². The van der Waals surface area contributed by atoms with Gasteiger partial charge in [0, 0.05) is 15.8 Å². The molecule has 1 aromatic carbocycles. The summed E-state index contributed by atoms with van der Waals surface area (Å²) in [6.45, 7) is 4.44. The van der Waals surface area contributed by atoms with E-state index < -0.39 is 0 Å². The molecule has 2 aromatic rings. The summed E-state index contributed by atoms with van der Waals surface area (Å²) in [7, 11) is 0. The highest BCUT2D eigenvalue weighted by Crippen LogP contribution is 2.24. The van der Waals surface area contributed by atoms with E-state index in [1.54, 1.807) is 17.4 Å². The van der Waals surface area contributed by atoms with Gasteiger partial charge in [0.15, 0.2) is 0 Å². The van der Waals surface area contributed by atoms with Crippen molar-refractivity contribution in [1.29, 1.82) is 0 Å². The molecule has 96 valence electrons. The molecule has 0 saturated carbocycles. The first-order valence-corrected chi connectivity index (χ1v) is 7.44. The summed E-state index contributed by atoms with van der Waals surface area (Å²) in [6, 6.07) is 4.53. The molecule has 2 nitrogen and oxygen atoms in total. The first-order valence-electron chi connectivity index (χ1n) is 5.50. The Morgan fingerprint density at radius 3 is 2.78 bits per heavy atom. The maximum absolute atomic E-state index is 13.1. The number of hydrogen-bond acceptors (Lipinski definition) is 3. The molecule has 0 atom stereocenters. The number of rotatable bonds is 4. The standard InChI is InChI=1S/C13H13BrFNOS/c1-8-9(2)18-13(16-8)7-17-12-4-3-11(15)5-10(12)6-14/h3-5H,6-7H2,1-2H3. The second kappa shape index (κ2) is 5.80. The summed E-state index contributed by atoms with van der Waals surface area (Å²) >= 11 is 4.95. The number of thiazole rings is 1. The Morgan fingerprint density at radius 1 is 1.39 bits per heavy atom. The molecule has 0 unspecified atom stereocenters. The van der Waals surface area contributed by atoms with Crippen molar-refractivity contribution in [2.45, 2.75) is 25.8 Å². The second-order valence-corrected chi connectivity index (χ2v) is 5.77. The highest BCUT2D eigenvalue weighted by Gasteiger charge is 2.07. The van der Waals surface area contributed by atoms with Crippen molar-refractivity contribution in [3.8, 4) is 5.75 Å². The lowest BCUT2D eigenvalue weighted by atomic mass is 10.2. The molecule has 0 spiro atoms. The molecular formula is C13H13BrFNOS. The number of aromatic nitrogens is 1. The minimum absolute atomic E-state index is 0.252. The van der Waals surface area contributed by atoms with Crippen LogP contribution in [0.1, 0.15) is 21.1 Å². The molecule has 0 bridgehead atoms. The van der Waals surface area contributed by atoms with Crippen molar-refractivity contribution in [3.05, 3.63) is 45.2 Å². The van der Waals surface area contributed by atoms with Crippen LogP contribution in [0.5, 0.6) is 5.75 Å². The quantitative estimate of drug-likeness (QED) is 0.777. The summed E-state index contributed by atoms with van der Waals surface area (Å²) < 4.78 is 18.8. The monoisotopic (exact) mass is 329 g/mol. The van der Waals surface area contributed by atoms with Gasteiger partial charge in [-0.25, -0.2) is 9.37 Å². The van der Waals surface area contributed by atoms with Gasteiger partial charge in [0.05, 0.1) is 5.69 Å². The van der Waals surface area contributed by atoms with E-state index in [1.165, 1.54) is 17.0 Å². The van der Waals surface area contributed by atoms with Crippen molar-refractivity contribution < 1.29 is 9.13 Å².